The molecule has 0 aliphatic heterocycles. The van der Waals surface area contributed by atoms with Gasteiger partial charge >= 0.3 is 0 Å². The minimum absolute atomic E-state index is 0.384. The summed E-state index contributed by atoms with van der Waals surface area (Å²) in [5, 5.41) is 4.75. The molecular formula is C16H23N3OS. The number of hydrogen-bond acceptors (Lipinski definition) is 5. The maximum absolute atomic E-state index is 5.10. The molecule has 0 aromatic carbocycles. The molecule has 0 aliphatic rings. The summed E-state index contributed by atoms with van der Waals surface area (Å²) in [7, 11) is 1.64. The zero-order chi connectivity index (χ0) is 15.2. The first-order valence-electron chi connectivity index (χ1n) is 7.27. The highest BCUT2D eigenvalue weighted by molar-refractivity contribution is 7.11. The number of methoxy groups -OCH3 is 1. The van der Waals surface area contributed by atoms with Crippen molar-refractivity contribution in [3.05, 3.63) is 39.5 Å². The van der Waals surface area contributed by atoms with Gasteiger partial charge in [-0.15, -0.1) is 11.3 Å². The van der Waals surface area contributed by atoms with Crippen LogP contribution in [-0.4, -0.2) is 29.7 Å². The lowest BCUT2D eigenvalue weighted by Crippen LogP contribution is -2.33. The largest absolute Gasteiger partial charge is 0.481 e. The van der Waals surface area contributed by atoms with E-state index in [1.54, 1.807) is 18.4 Å². The Morgan fingerprint density at radius 2 is 2.10 bits per heavy atom. The van der Waals surface area contributed by atoms with Crippen LogP contribution in [-0.2, 0) is 12.8 Å². The summed E-state index contributed by atoms with van der Waals surface area (Å²) in [4.78, 5) is 10.2. The summed E-state index contributed by atoms with van der Waals surface area (Å²) < 4.78 is 5.10. The third-order valence-corrected chi connectivity index (χ3v) is 4.57. The van der Waals surface area contributed by atoms with Crippen molar-refractivity contribution >= 4 is 11.3 Å². The van der Waals surface area contributed by atoms with Gasteiger partial charge in [-0.2, -0.15) is 0 Å². The Labute approximate surface area is 130 Å². The minimum atomic E-state index is 0.384. The molecule has 0 bridgehead atoms. The molecule has 0 radical (unpaired) electrons. The van der Waals surface area contributed by atoms with E-state index in [-0.39, 0.29) is 0 Å². The van der Waals surface area contributed by atoms with Crippen LogP contribution in [0, 0.1) is 13.8 Å². The quantitative estimate of drug-likeness (QED) is 0.854. The summed E-state index contributed by atoms with van der Waals surface area (Å²) >= 11 is 1.80. The van der Waals surface area contributed by atoms with Gasteiger partial charge in [-0.05, 0) is 32.4 Å². The molecule has 0 fully saturated rings. The van der Waals surface area contributed by atoms with Gasteiger partial charge in [-0.25, -0.2) is 9.97 Å². The standard InChI is InChI=1S/C16H23N3OS/c1-5-17-14(9-16-19-11(2)12(3)21-16)8-13-6-7-15(20-4)18-10-13/h6-7,10,14,17H,5,8-9H2,1-4H3. The molecule has 2 rings (SSSR count). The number of hydrogen-bond donors (Lipinski definition) is 1. The molecule has 0 aliphatic carbocycles. The second kappa shape index (κ2) is 7.52. The Balaban J connectivity index is 2.03. The number of thiazole rings is 1. The molecule has 5 heteroatoms. The van der Waals surface area contributed by atoms with E-state index in [1.807, 2.05) is 12.3 Å². The fourth-order valence-corrected chi connectivity index (χ4v) is 3.29. The molecule has 2 aromatic heterocycles. The van der Waals surface area contributed by atoms with Gasteiger partial charge < -0.3 is 10.1 Å². The van der Waals surface area contributed by atoms with Gasteiger partial charge in [0.1, 0.15) is 0 Å². The van der Waals surface area contributed by atoms with Crippen molar-refractivity contribution in [1.29, 1.82) is 0 Å². The molecule has 1 N–H and O–H groups in total. The van der Waals surface area contributed by atoms with Gasteiger partial charge in [0.2, 0.25) is 5.88 Å². The molecule has 21 heavy (non-hydrogen) atoms. The molecule has 0 spiro atoms. The van der Waals surface area contributed by atoms with Crippen LogP contribution in [0.4, 0.5) is 0 Å². The van der Waals surface area contributed by atoms with E-state index >= 15 is 0 Å². The van der Waals surface area contributed by atoms with Crippen molar-refractivity contribution in [3.8, 4) is 5.88 Å². The van der Waals surface area contributed by atoms with Crippen LogP contribution in [0.15, 0.2) is 18.3 Å². The van der Waals surface area contributed by atoms with Crippen LogP contribution in [0.5, 0.6) is 5.88 Å². The van der Waals surface area contributed by atoms with Crippen LogP contribution in [0.25, 0.3) is 0 Å². The van der Waals surface area contributed by atoms with Crippen LogP contribution >= 0.6 is 11.3 Å². The van der Waals surface area contributed by atoms with Crippen molar-refractivity contribution in [2.75, 3.05) is 13.7 Å². The minimum Gasteiger partial charge on any atom is -0.481 e. The lowest BCUT2D eigenvalue weighted by Gasteiger charge is -2.16. The molecule has 0 amide bonds. The van der Waals surface area contributed by atoms with E-state index in [4.69, 9.17) is 4.74 Å². The first kappa shape index (κ1) is 15.9. The number of ether oxygens (including phenoxy) is 1. The van der Waals surface area contributed by atoms with Gasteiger partial charge in [0, 0.05) is 29.6 Å². The first-order valence-corrected chi connectivity index (χ1v) is 8.09. The van der Waals surface area contributed by atoms with Crippen molar-refractivity contribution in [2.24, 2.45) is 0 Å². The van der Waals surface area contributed by atoms with Crippen LogP contribution < -0.4 is 10.1 Å². The van der Waals surface area contributed by atoms with Crippen molar-refractivity contribution < 1.29 is 4.74 Å². The lowest BCUT2D eigenvalue weighted by molar-refractivity contribution is 0.397. The zero-order valence-corrected chi connectivity index (χ0v) is 14.0. The van der Waals surface area contributed by atoms with Crippen molar-refractivity contribution in [1.82, 2.24) is 15.3 Å². The molecule has 2 aromatic rings. The molecule has 114 valence electrons. The average molecular weight is 305 g/mol. The molecule has 0 saturated carbocycles. The predicted molar refractivity (Wildman–Crippen MR) is 87.2 cm³/mol. The zero-order valence-electron chi connectivity index (χ0n) is 13.1. The number of rotatable bonds is 7. The number of likely N-dealkylation sites (N-methyl/N-ethyl adjacent to an activating group) is 1. The summed E-state index contributed by atoms with van der Waals surface area (Å²) in [6, 6.07) is 4.38. The lowest BCUT2D eigenvalue weighted by atomic mass is 10.1. The highest BCUT2D eigenvalue weighted by atomic mass is 32.1. The van der Waals surface area contributed by atoms with E-state index < -0.39 is 0 Å². The molecule has 4 nitrogen and oxygen atoms in total. The Hall–Kier alpha value is -1.46. The Bertz CT molecular complexity index is 546. The SMILES string of the molecule is CCNC(Cc1ccc(OC)nc1)Cc1nc(C)c(C)s1. The smallest absolute Gasteiger partial charge is 0.212 e. The number of aryl methyl sites for hydroxylation is 2. The van der Waals surface area contributed by atoms with Crippen LogP contribution in [0.3, 0.4) is 0 Å². The molecule has 1 atom stereocenters. The normalized spacial score (nSPS) is 12.4. The van der Waals surface area contributed by atoms with Crippen LogP contribution in [0.2, 0.25) is 0 Å². The van der Waals surface area contributed by atoms with E-state index in [1.165, 1.54) is 15.4 Å². The number of pyridine rings is 1. The topological polar surface area (TPSA) is 47.0 Å². The number of nitrogens with zero attached hydrogens (tertiary/aromatic N) is 2. The van der Waals surface area contributed by atoms with E-state index in [0.29, 0.717) is 11.9 Å². The number of nitrogens with one attached hydrogen (secondary N) is 1. The highest BCUT2D eigenvalue weighted by Crippen LogP contribution is 2.19. The van der Waals surface area contributed by atoms with Gasteiger partial charge in [-0.1, -0.05) is 13.0 Å². The predicted octanol–water partition coefficient (Wildman–Crippen LogP) is 2.93. The van der Waals surface area contributed by atoms with Gasteiger partial charge in [0.15, 0.2) is 0 Å². The number of aromatic nitrogens is 2. The van der Waals surface area contributed by atoms with Gasteiger partial charge in [0.25, 0.3) is 0 Å². The van der Waals surface area contributed by atoms with Gasteiger partial charge in [0.05, 0.1) is 17.8 Å². The molecule has 2 heterocycles. The fourth-order valence-electron chi connectivity index (χ4n) is 2.28. The fraction of sp³-hybridized carbons (Fsp3) is 0.500. The second-order valence-electron chi connectivity index (χ2n) is 5.12. The highest BCUT2D eigenvalue weighted by Gasteiger charge is 2.13. The molecule has 1 unspecified atom stereocenters. The Morgan fingerprint density at radius 1 is 1.29 bits per heavy atom. The van der Waals surface area contributed by atoms with E-state index in [9.17, 15) is 0 Å². The average Bonchev–Trinajstić information content (AvgIpc) is 2.78. The maximum Gasteiger partial charge on any atom is 0.212 e. The van der Waals surface area contributed by atoms with Crippen molar-refractivity contribution in [2.45, 2.75) is 39.7 Å². The van der Waals surface area contributed by atoms with E-state index in [0.717, 1.165) is 25.1 Å². The van der Waals surface area contributed by atoms with Gasteiger partial charge in [-0.3, -0.25) is 0 Å². The van der Waals surface area contributed by atoms with E-state index in [2.05, 4.69) is 42.1 Å². The monoisotopic (exact) mass is 305 g/mol. The molecular weight excluding hydrogens is 282 g/mol. The maximum atomic E-state index is 5.10. The van der Waals surface area contributed by atoms with Crippen LogP contribution in [0.1, 0.15) is 28.1 Å². The Kier molecular flexibility index (Phi) is 5.70. The van der Waals surface area contributed by atoms with Crippen molar-refractivity contribution in [3.63, 3.8) is 0 Å². The summed E-state index contributed by atoms with van der Waals surface area (Å²) in [6.07, 6.45) is 3.79. The first-order chi connectivity index (χ1) is 10.1. The molecule has 0 saturated heterocycles. The summed E-state index contributed by atoms with van der Waals surface area (Å²) in [5.41, 5.74) is 2.36. The third kappa shape index (κ3) is 4.51. The summed E-state index contributed by atoms with van der Waals surface area (Å²) in [6.45, 7) is 7.30. The second-order valence-corrected chi connectivity index (χ2v) is 6.41. The third-order valence-electron chi connectivity index (χ3n) is 3.48. The summed E-state index contributed by atoms with van der Waals surface area (Å²) in [5.74, 6) is 0.657. The Morgan fingerprint density at radius 3 is 2.62 bits per heavy atom.